The summed E-state index contributed by atoms with van der Waals surface area (Å²) in [5, 5.41) is 0. The number of ether oxygens (including phenoxy) is 3. The number of benzene rings is 1. The van der Waals surface area contributed by atoms with Crippen LogP contribution in [-0.4, -0.2) is 50.7 Å². The number of carbonyl (C=O) groups excluding carboxylic acids is 2. The van der Waals surface area contributed by atoms with Gasteiger partial charge in [0, 0.05) is 13.0 Å². The fourth-order valence-electron chi connectivity index (χ4n) is 2.01. The smallest absolute Gasteiger partial charge is 0.307 e. The molecule has 1 amide bonds. The number of amides is 1. The summed E-state index contributed by atoms with van der Waals surface area (Å²) in [6.07, 6.45) is 1.42. The van der Waals surface area contributed by atoms with Crippen molar-refractivity contribution < 1.29 is 23.8 Å². The van der Waals surface area contributed by atoms with Gasteiger partial charge in [-0.25, -0.2) is 0 Å². The van der Waals surface area contributed by atoms with E-state index < -0.39 is 0 Å². The molecular formula is C17H25NO5. The SMILES string of the molecule is CCCC(=O)N(CCOc1ccc(OC)cc1)CCC(=O)OC. The number of rotatable bonds is 10. The Balaban J connectivity index is 2.48. The minimum absolute atomic E-state index is 0.0229. The molecule has 1 aromatic carbocycles. The van der Waals surface area contributed by atoms with Crippen molar-refractivity contribution in [1.82, 2.24) is 4.90 Å². The summed E-state index contributed by atoms with van der Waals surface area (Å²) < 4.78 is 15.3. The standard InChI is InChI=1S/C17H25NO5/c1-4-5-16(19)18(11-10-17(20)22-3)12-13-23-15-8-6-14(21-2)7-9-15/h6-9H,4-5,10-13H2,1-3H3. The summed E-state index contributed by atoms with van der Waals surface area (Å²) in [5.74, 6) is 1.17. The molecule has 0 unspecified atom stereocenters. The van der Waals surface area contributed by atoms with Gasteiger partial charge in [-0.2, -0.15) is 0 Å². The van der Waals surface area contributed by atoms with Crippen molar-refractivity contribution >= 4 is 11.9 Å². The highest BCUT2D eigenvalue weighted by Gasteiger charge is 2.14. The molecule has 0 saturated heterocycles. The largest absolute Gasteiger partial charge is 0.497 e. The van der Waals surface area contributed by atoms with Crippen LogP contribution in [0.15, 0.2) is 24.3 Å². The number of hydrogen-bond donors (Lipinski definition) is 0. The number of hydrogen-bond acceptors (Lipinski definition) is 5. The van der Waals surface area contributed by atoms with Crippen LogP contribution < -0.4 is 9.47 Å². The zero-order chi connectivity index (χ0) is 17.1. The number of nitrogens with zero attached hydrogens (tertiary/aromatic N) is 1. The fourth-order valence-corrected chi connectivity index (χ4v) is 2.01. The highest BCUT2D eigenvalue weighted by atomic mass is 16.5. The van der Waals surface area contributed by atoms with E-state index in [9.17, 15) is 9.59 Å². The van der Waals surface area contributed by atoms with Gasteiger partial charge in [0.25, 0.3) is 0 Å². The molecule has 128 valence electrons. The maximum Gasteiger partial charge on any atom is 0.307 e. The van der Waals surface area contributed by atoms with Crippen molar-refractivity contribution in [2.45, 2.75) is 26.2 Å². The van der Waals surface area contributed by atoms with Gasteiger partial charge in [0.15, 0.2) is 0 Å². The van der Waals surface area contributed by atoms with E-state index in [1.165, 1.54) is 7.11 Å². The maximum absolute atomic E-state index is 12.1. The zero-order valence-electron chi connectivity index (χ0n) is 14.0. The minimum Gasteiger partial charge on any atom is -0.497 e. The van der Waals surface area contributed by atoms with Crippen LogP contribution in [0.3, 0.4) is 0 Å². The highest BCUT2D eigenvalue weighted by Crippen LogP contribution is 2.16. The van der Waals surface area contributed by atoms with E-state index in [0.717, 1.165) is 12.2 Å². The van der Waals surface area contributed by atoms with E-state index in [2.05, 4.69) is 4.74 Å². The van der Waals surface area contributed by atoms with Gasteiger partial charge in [-0.15, -0.1) is 0 Å². The average Bonchev–Trinajstić information content (AvgIpc) is 2.58. The molecule has 0 aliphatic rings. The maximum atomic E-state index is 12.1. The molecule has 0 aromatic heterocycles. The molecular weight excluding hydrogens is 298 g/mol. The molecule has 1 rings (SSSR count). The third-order valence-corrected chi connectivity index (χ3v) is 3.32. The predicted molar refractivity (Wildman–Crippen MR) is 86.6 cm³/mol. The van der Waals surface area contributed by atoms with E-state index in [4.69, 9.17) is 9.47 Å². The van der Waals surface area contributed by atoms with Gasteiger partial charge in [-0.05, 0) is 30.7 Å². The lowest BCUT2D eigenvalue weighted by atomic mass is 10.2. The lowest BCUT2D eigenvalue weighted by Gasteiger charge is -2.22. The first-order valence-corrected chi connectivity index (χ1v) is 7.72. The fraction of sp³-hybridized carbons (Fsp3) is 0.529. The summed E-state index contributed by atoms with van der Waals surface area (Å²) in [4.78, 5) is 25.0. The van der Waals surface area contributed by atoms with Crippen LogP contribution in [0.25, 0.3) is 0 Å². The topological polar surface area (TPSA) is 65.1 Å². The lowest BCUT2D eigenvalue weighted by Crippen LogP contribution is -2.36. The second-order valence-electron chi connectivity index (χ2n) is 4.98. The Morgan fingerprint density at radius 2 is 1.65 bits per heavy atom. The van der Waals surface area contributed by atoms with Gasteiger partial charge in [-0.3, -0.25) is 9.59 Å². The van der Waals surface area contributed by atoms with Gasteiger partial charge in [0.1, 0.15) is 18.1 Å². The highest BCUT2D eigenvalue weighted by molar-refractivity contribution is 5.77. The Morgan fingerprint density at radius 1 is 1.00 bits per heavy atom. The van der Waals surface area contributed by atoms with Crippen LogP contribution in [0.2, 0.25) is 0 Å². The molecule has 0 bridgehead atoms. The summed E-state index contributed by atoms with van der Waals surface area (Å²) in [6, 6.07) is 7.25. The molecule has 0 saturated carbocycles. The minimum atomic E-state index is -0.324. The second kappa shape index (κ2) is 10.5. The van der Waals surface area contributed by atoms with Crippen LogP contribution in [0.5, 0.6) is 11.5 Å². The van der Waals surface area contributed by atoms with Crippen molar-refractivity contribution in [2.75, 3.05) is 33.9 Å². The molecule has 1 aromatic rings. The van der Waals surface area contributed by atoms with Crippen LogP contribution in [0.4, 0.5) is 0 Å². The van der Waals surface area contributed by atoms with Crippen molar-refractivity contribution in [1.29, 1.82) is 0 Å². The molecule has 0 aliphatic carbocycles. The van der Waals surface area contributed by atoms with Crippen LogP contribution in [-0.2, 0) is 14.3 Å². The van der Waals surface area contributed by atoms with Gasteiger partial charge < -0.3 is 19.1 Å². The average molecular weight is 323 g/mol. The van der Waals surface area contributed by atoms with E-state index in [1.54, 1.807) is 12.0 Å². The van der Waals surface area contributed by atoms with E-state index in [1.807, 2.05) is 31.2 Å². The summed E-state index contributed by atoms with van der Waals surface area (Å²) >= 11 is 0. The normalized spacial score (nSPS) is 10.0. The third kappa shape index (κ3) is 7.04. The molecule has 0 heterocycles. The van der Waals surface area contributed by atoms with E-state index in [0.29, 0.717) is 31.9 Å². The monoisotopic (exact) mass is 323 g/mol. The quantitative estimate of drug-likeness (QED) is 0.618. The Kier molecular flexibility index (Phi) is 8.57. The van der Waals surface area contributed by atoms with Gasteiger partial charge in [-0.1, -0.05) is 6.92 Å². The van der Waals surface area contributed by atoms with Crippen LogP contribution >= 0.6 is 0 Å². The summed E-state index contributed by atoms with van der Waals surface area (Å²) in [7, 11) is 2.95. The first-order chi connectivity index (χ1) is 11.1. The Hall–Kier alpha value is -2.24. The zero-order valence-corrected chi connectivity index (χ0v) is 14.0. The van der Waals surface area contributed by atoms with Crippen molar-refractivity contribution in [3.8, 4) is 11.5 Å². The number of methoxy groups -OCH3 is 2. The first-order valence-electron chi connectivity index (χ1n) is 7.72. The van der Waals surface area contributed by atoms with E-state index >= 15 is 0 Å². The lowest BCUT2D eigenvalue weighted by molar-refractivity contribution is -0.141. The van der Waals surface area contributed by atoms with Crippen LogP contribution in [0, 0.1) is 0 Å². The Bertz CT molecular complexity index is 486. The van der Waals surface area contributed by atoms with E-state index in [-0.39, 0.29) is 18.3 Å². The second-order valence-corrected chi connectivity index (χ2v) is 4.98. The van der Waals surface area contributed by atoms with Crippen LogP contribution in [0.1, 0.15) is 26.2 Å². The molecule has 6 heteroatoms. The molecule has 0 fully saturated rings. The third-order valence-electron chi connectivity index (χ3n) is 3.32. The summed E-state index contributed by atoms with van der Waals surface area (Å²) in [5.41, 5.74) is 0. The molecule has 0 atom stereocenters. The molecule has 23 heavy (non-hydrogen) atoms. The molecule has 0 N–H and O–H groups in total. The van der Waals surface area contributed by atoms with Gasteiger partial charge >= 0.3 is 5.97 Å². The number of esters is 1. The molecule has 6 nitrogen and oxygen atoms in total. The van der Waals surface area contributed by atoms with Crippen molar-refractivity contribution in [3.05, 3.63) is 24.3 Å². The molecule has 0 spiro atoms. The van der Waals surface area contributed by atoms with Crippen molar-refractivity contribution in [2.24, 2.45) is 0 Å². The van der Waals surface area contributed by atoms with Gasteiger partial charge in [0.05, 0.1) is 27.2 Å². The Morgan fingerprint density at radius 3 is 2.22 bits per heavy atom. The molecule has 0 radical (unpaired) electrons. The molecule has 0 aliphatic heterocycles. The Labute approximate surface area is 137 Å². The number of carbonyl (C=O) groups is 2. The van der Waals surface area contributed by atoms with Crippen molar-refractivity contribution in [3.63, 3.8) is 0 Å². The van der Waals surface area contributed by atoms with Gasteiger partial charge in [0.2, 0.25) is 5.91 Å². The first kappa shape index (κ1) is 18.8. The summed E-state index contributed by atoms with van der Waals surface area (Å²) in [6.45, 7) is 3.09. The predicted octanol–water partition coefficient (Wildman–Crippen LogP) is 2.27.